The van der Waals surface area contributed by atoms with Crippen LogP contribution in [-0.2, 0) is 0 Å². The largest absolute Gasteiger partial charge is 0.573 e. The molecule has 5 nitrogen and oxygen atoms in total. The van der Waals surface area contributed by atoms with Gasteiger partial charge in [-0.2, -0.15) is 0 Å². The first kappa shape index (κ1) is 21.9. The monoisotopic (exact) mass is 443 g/mol. The lowest BCUT2D eigenvalue weighted by atomic mass is 9.94. The summed E-state index contributed by atoms with van der Waals surface area (Å²) in [5.41, 5.74) is -0.439. The molecule has 0 saturated heterocycles. The van der Waals surface area contributed by atoms with E-state index in [9.17, 15) is 36.2 Å². The molecule has 0 unspecified atom stereocenters. The maximum absolute atomic E-state index is 12.6. The first-order valence-corrected chi connectivity index (χ1v) is 8.37. The van der Waals surface area contributed by atoms with Crippen LogP contribution in [0.15, 0.2) is 60.8 Å². The molecule has 0 atom stereocenters. The average molecular weight is 443 g/mol. The average Bonchev–Trinajstić information content (AvgIpc) is 2.65. The Bertz CT molecular complexity index is 1110. The molecule has 0 aliphatic rings. The molecule has 1 aromatic heterocycles. The van der Waals surface area contributed by atoms with Gasteiger partial charge in [-0.1, -0.05) is 24.3 Å². The minimum absolute atomic E-state index is 0.00407. The summed E-state index contributed by atoms with van der Waals surface area (Å²) in [5, 5.41) is 9.55. The van der Waals surface area contributed by atoms with Crippen molar-refractivity contribution in [3.63, 3.8) is 0 Å². The van der Waals surface area contributed by atoms with Crippen LogP contribution in [0.2, 0.25) is 0 Å². The number of rotatable bonds is 5. The highest BCUT2D eigenvalue weighted by Crippen LogP contribution is 2.37. The summed E-state index contributed by atoms with van der Waals surface area (Å²) in [6.07, 6.45) is -8.81. The third-order valence-electron chi connectivity index (χ3n) is 3.88. The first-order valence-electron chi connectivity index (χ1n) is 8.37. The van der Waals surface area contributed by atoms with Gasteiger partial charge in [0.05, 0.1) is 11.3 Å². The second kappa shape index (κ2) is 8.17. The molecular weight excluding hydrogens is 432 g/mol. The molecule has 0 aliphatic carbocycles. The number of hydrogen-bond acceptors (Lipinski definition) is 4. The molecular formula is C20H11F6NO4. The second-order valence-corrected chi connectivity index (χ2v) is 6.04. The standard InChI is InChI=1S/C20H11F6NO4/c21-19(22,23)30-13-5-1-3-11(9-13)16-15(18(28)29)7-8-27-17(16)12-4-2-6-14(10-12)31-20(24,25)26/h1-10H,(H,28,29). The Kier molecular flexibility index (Phi) is 5.78. The zero-order valence-corrected chi connectivity index (χ0v) is 15.2. The molecule has 1 N–H and O–H groups in total. The maximum Gasteiger partial charge on any atom is 0.573 e. The van der Waals surface area contributed by atoms with Gasteiger partial charge in [0.25, 0.3) is 0 Å². The van der Waals surface area contributed by atoms with Crippen molar-refractivity contribution in [1.82, 2.24) is 4.98 Å². The summed E-state index contributed by atoms with van der Waals surface area (Å²) in [7, 11) is 0. The number of aromatic carboxylic acids is 1. The van der Waals surface area contributed by atoms with Crippen molar-refractivity contribution in [1.29, 1.82) is 0 Å². The van der Waals surface area contributed by atoms with Crippen LogP contribution in [0.3, 0.4) is 0 Å². The van der Waals surface area contributed by atoms with E-state index >= 15 is 0 Å². The predicted octanol–water partition coefficient (Wildman–Crippen LogP) is 5.91. The Morgan fingerprint density at radius 3 is 1.84 bits per heavy atom. The van der Waals surface area contributed by atoms with Gasteiger partial charge in [-0.15, -0.1) is 26.3 Å². The Hall–Kier alpha value is -3.76. The van der Waals surface area contributed by atoms with Crippen LogP contribution in [0.5, 0.6) is 11.5 Å². The summed E-state index contributed by atoms with van der Waals surface area (Å²) in [6.45, 7) is 0. The Morgan fingerprint density at radius 1 is 0.806 bits per heavy atom. The van der Waals surface area contributed by atoms with E-state index in [1.54, 1.807) is 0 Å². The molecule has 2 aromatic carbocycles. The minimum Gasteiger partial charge on any atom is -0.478 e. The number of carbonyl (C=O) groups is 1. The van der Waals surface area contributed by atoms with Crippen LogP contribution in [0.4, 0.5) is 26.3 Å². The summed E-state index contributed by atoms with van der Waals surface area (Å²) in [6, 6.07) is 10.2. The van der Waals surface area contributed by atoms with Gasteiger partial charge in [-0.05, 0) is 35.9 Å². The topological polar surface area (TPSA) is 68.7 Å². The molecule has 3 rings (SSSR count). The molecule has 0 aliphatic heterocycles. The third-order valence-corrected chi connectivity index (χ3v) is 3.88. The van der Waals surface area contributed by atoms with Crippen LogP contribution in [0, 0.1) is 0 Å². The van der Waals surface area contributed by atoms with Gasteiger partial charge >= 0.3 is 18.7 Å². The molecule has 3 aromatic rings. The van der Waals surface area contributed by atoms with Gasteiger partial charge in [0.2, 0.25) is 0 Å². The van der Waals surface area contributed by atoms with Gasteiger partial charge < -0.3 is 14.6 Å². The highest BCUT2D eigenvalue weighted by atomic mass is 19.4. The molecule has 162 valence electrons. The molecule has 0 bridgehead atoms. The number of benzene rings is 2. The lowest BCUT2D eigenvalue weighted by Gasteiger charge is -2.15. The number of hydrogen-bond donors (Lipinski definition) is 1. The zero-order valence-electron chi connectivity index (χ0n) is 15.2. The van der Waals surface area contributed by atoms with Crippen LogP contribution >= 0.6 is 0 Å². The van der Waals surface area contributed by atoms with Crippen molar-refractivity contribution >= 4 is 5.97 Å². The minimum atomic E-state index is -4.98. The number of nitrogens with zero attached hydrogens (tertiary/aromatic N) is 1. The summed E-state index contributed by atoms with van der Waals surface area (Å²) < 4.78 is 83.1. The Labute approximate surface area is 170 Å². The maximum atomic E-state index is 12.6. The highest BCUT2D eigenvalue weighted by Gasteiger charge is 2.32. The van der Waals surface area contributed by atoms with Gasteiger partial charge in [0.1, 0.15) is 11.5 Å². The van der Waals surface area contributed by atoms with Crippen LogP contribution in [-0.4, -0.2) is 28.8 Å². The number of pyridine rings is 1. The fourth-order valence-electron chi connectivity index (χ4n) is 2.84. The number of alkyl halides is 6. The van der Waals surface area contributed by atoms with Crippen molar-refractivity contribution < 1.29 is 45.7 Å². The molecule has 0 amide bonds. The van der Waals surface area contributed by atoms with Crippen molar-refractivity contribution in [3.05, 3.63) is 66.4 Å². The highest BCUT2D eigenvalue weighted by molar-refractivity contribution is 6.00. The van der Waals surface area contributed by atoms with E-state index < -0.39 is 30.2 Å². The van der Waals surface area contributed by atoms with Gasteiger partial charge in [0.15, 0.2) is 0 Å². The van der Waals surface area contributed by atoms with Crippen molar-refractivity contribution in [3.8, 4) is 33.9 Å². The first-order chi connectivity index (χ1) is 14.4. The summed E-state index contributed by atoms with van der Waals surface area (Å²) >= 11 is 0. The van der Waals surface area contributed by atoms with E-state index in [4.69, 9.17) is 0 Å². The number of carboxylic acid groups (broad SMARTS) is 1. The fraction of sp³-hybridized carbons (Fsp3) is 0.100. The molecule has 31 heavy (non-hydrogen) atoms. The van der Waals surface area contributed by atoms with E-state index in [0.717, 1.165) is 36.5 Å². The zero-order chi connectivity index (χ0) is 22.8. The van der Waals surface area contributed by atoms with Crippen molar-refractivity contribution in [2.24, 2.45) is 0 Å². The number of carboxylic acids is 1. The van der Waals surface area contributed by atoms with E-state index in [2.05, 4.69) is 14.5 Å². The molecule has 0 spiro atoms. The fourth-order valence-corrected chi connectivity index (χ4v) is 2.84. The van der Waals surface area contributed by atoms with Crippen LogP contribution < -0.4 is 9.47 Å². The second-order valence-electron chi connectivity index (χ2n) is 6.04. The van der Waals surface area contributed by atoms with E-state index in [0.29, 0.717) is 0 Å². The summed E-state index contributed by atoms with van der Waals surface area (Å²) in [5.74, 6) is -2.60. The van der Waals surface area contributed by atoms with Gasteiger partial charge in [-0.25, -0.2) is 4.79 Å². The van der Waals surface area contributed by atoms with Gasteiger partial charge in [0, 0.05) is 17.3 Å². The lowest BCUT2D eigenvalue weighted by molar-refractivity contribution is -0.275. The number of aromatic nitrogens is 1. The molecule has 11 heteroatoms. The molecule has 0 radical (unpaired) electrons. The van der Waals surface area contributed by atoms with E-state index in [-0.39, 0.29) is 27.9 Å². The molecule has 0 saturated carbocycles. The quantitative estimate of drug-likeness (QED) is 0.497. The third kappa shape index (κ3) is 5.65. The van der Waals surface area contributed by atoms with Crippen molar-refractivity contribution in [2.75, 3.05) is 0 Å². The molecule has 1 heterocycles. The Morgan fingerprint density at radius 2 is 1.32 bits per heavy atom. The molecule has 0 fully saturated rings. The Balaban J connectivity index is 2.17. The number of ether oxygens (including phenoxy) is 2. The van der Waals surface area contributed by atoms with Crippen LogP contribution in [0.25, 0.3) is 22.4 Å². The summed E-state index contributed by atoms with van der Waals surface area (Å²) in [4.78, 5) is 15.8. The van der Waals surface area contributed by atoms with Crippen LogP contribution in [0.1, 0.15) is 10.4 Å². The van der Waals surface area contributed by atoms with E-state index in [1.165, 1.54) is 24.3 Å². The van der Waals surface area contributed by atoms with Gasteiger partial charge in [-0.3, -0.25) is 4.98 Å². The van der Waals surface area contributed by atoms with Crippen molar-refractivity contribution in [2.45, 2.75) is 12.7 Å². The predicted molar refractivity (Wildman–Crippen MR) is 95.4 cm³/mol. The SMILES string of the molecule is O=C(O)c1ccnc(-c2cccc(OC(F)(F)F)c2)c1-c1cccc(OC(F)(F)F)c1. The van der Waals surface area contributed by atoms with E-state index in [1.807, 2.05) is 0 Å². The lowest BCUT2D eigenvalue weighted by Crippen LogP contribution is -2.17. The number of halogens is 6. The normalized spacial score (nSPS) is 11.8. The smallest absolute Gasteiger partial charge is 0.478 e.